The van der Waals surface area contributed by atoms with Crippen molar-refractivity contribution in [2.75, 3.05) is 13.2 Å². The van der Waals surface area contributed by atoms with E-state index in [4.69, 9.17) is 9.47 Å². The Hall–Kier alpha value is -3.02. The van der Waals surface area contributed by atoms with Crippen LogP contribution in [0, 0.1) is 20.8 Å². The predicted octanol–water partition coefficient (Wildman–Crippen LogP) is 3.34. The molecule has 0 saturated carbocycles. The van der Waals surface area contributed by atoms with Crippen LogP contribution in [0.1, 0.15) is 42.0 Å². The molecular weight excluding hydrogens is 356 g/mol. The molecule has 0 unspecified atom stereocenters. The highest BCUT2D eigenvalue weighted by Gasteiger charge is 2.11. The van der Waals surface area contributed by atoms with E-state index in [1.807, 2.05) is 51.1 Å². The molecule has 2 N–H and O–H groups in total. The van der Waals surface area contributed by atoms with Crippen molar-refractivity contribution in [3.63, 3.8) is 0 Å². The third-order valence-electron chi connectivity index (χ3n) is 4.34. The lowest BCUT2D eigenvalue weighted by Gasteiger charge is -2.15. The molecule has 6 nitrogen and oxygen atoms in total. The summed E-state index contributed by atoms with van der Waals surface area (Å²) in [4.78, 5) is 23.8. The number of nitrogens with one attached hydrogen (secondary N) is 2. The summed E-state index contributed by atoms with van der Waals surface area (Å²) < 4.78 is 11.1. The van der Waals surface area contributed by atoms with Crippen molar-refractivity contribution >= 4 is 11.8 Å². The zero-order chi connectivity index (χ0) is 20.7. The lowest BCUT2D eigenvalue weighted by molar-refractivity contribution is -0.131. The number of carbonyl (C=O) groups is 2. The lowest BCUT2D eigenvalue weighted by atomic mass is 10.0. The Morgan fingerprint density at radius 3 is 2.11 bits per heavy atom. The van der Waals surface area contributed by atoms with Gasteiger partial charge in [-0.15, -0.1) is 0 Å². The Morgan fingerprint density at radius 2 is 1.50 bits per heavy atom. The van der Waals surface area contributed by atoms with E-state index in [9.17, 15) is 9.59 Å². The Bertz CT molecular complexity index is 846. The van der Waals surface area contributed by atoms with Gasteiger partial charge in [-0.1, -0.05) is 32.0 Å². The van der Waals surface area contributed by atoms with E-state index in [0.717, 1.165) is 22.3 Å². The van der Waals surface area contributed by atoms with Gasteiger partial charge in [0.1, 0.15) is 11.5 Å². The fourth-order valence-electron chi connectivity index (χ4n) is 2.55. The Morgan fingerprint density at radius 1 is 0.857 bits per heavy atom. The average Bonchev–Trinajstić information content (AvgIpc) is 2.65. The van der Waals surface area contributed by atoms with E-state index in [1.54, 1.807) is 6.07 Å². The largest absolute Gasteiger partial charge is 0.484 e. The summed E-state index contributed by atoms with van der Waals surface area (Å²) in [5.41, 5.74) is 8.97. The minimum Gasteiger partial charge on any atom is -0.484 e. The number of aryl methyl sites for hydroxylation is 3. The molecule has 2 aromatic rings. The first-order valence-corrected chi connectivity index (χ1v) is 9.27. The summed E-state index contributed by atoms with van der Waals surface area (Å²) >= 11 is 0. The van der Waals surface area contributed by atoms with Crippen molar-refractivity contribution < 1.29 is 19.1 Å². The van der Waals surface area contributed by atoms with E-state index in [0.29, 0.717) is 11.5 Å². The molecule has 0 fully saturated rings. The molecule has 0 heterocycles. The third-order valence-corrected chi connectivity index (χ3v) is 4.34. The second-order valence-corrected chi connectivity index (χ2v) is 7.12. The maximum absolute atomic E-state index is 12.0. The Labute approximate surface area is 166 Å². The maximum Gasteiger partial charge on any atom is 0.276 e. The predicted molar refractivity (Wildman–Crippen MR) is 108 cm³/mol. The van der Waals surface area contributed by atoms with Gasteiger partial charge in [-0.25, -0.2) is 0 Å². The molecule has 0 atom stereocenters. The molecule has 28 heavy (non-hydrogen) atoms. The van der Waals surface area contributed by atoms with E-state index >= 15 is 0 Å². The molecule has 2 amide bonds. The van der Waals surface area contributed by atoms with Gasteiger partial charge in [0.05, 0.1) is 0 Å². The van der Waals surface area contributed by atoms with Gasteiger partial charge in [-0.2, -0.15) is 0 Å². The first kappa shape index (κ1) is 21.3. The van der Waals surface area contributed by atoms with Crippen LogP contribution in [0.15, 0.2) is 36.4 Å². The molecule has 0 aliphatic carbocycles. The fraction of sp³-hybridized carbons (Fsp3) is 0.364. The van der Waals surface area contributed by atoms with Crippen LogP contribution >= 0.6 is 0 Å². The SMILES string of the molecule is Cc1ccc(C(C)C)c(OCC(=O)NNC(=O)COc2ccc(C)c(C)c2)c1. The molecule has 0 aliphatic rings. The summed E-state index contributed by atoms with van der Waals surface area (Å²) in [6, 6.07) is 11.5. The molecule has 150 valence electrons. The van der Waals surface area contributed by atoms with Gasteiger partial charge in [0.15, 0.2) is 13.2 Å². The molecule has 2 aromatic carbocycles. The van der Waals surface area contributed by atoms with Crippen LogP contribution < -0.4 is 20.3 Å². The number of hydrazine groups is 1. The first-order chi connectivity index (χ1) is 13.3. The van der Waals surface area contributed by atoms with Crippen molar-refractivity contribution in [3.8, 4) is 11.5 Å². The summed E-state index contributed by atoms with van der Waals surface area (Å²) in [6.45, 7) is 9.68. The number of amides is 2. The van der Waals surface area contributed by atoms with Crippen LogP contribution in [0.25, 0.3) is 0 Å². The van der Waals surface area contributed by atoms with Gasteiger partial charge in [0.25, 0.3) is 11.8 Å². The number of carbonyl (C=O) groups excluding carboxylic acids is 2. The lowest BCUT2D eigenvalue weighted by Crippen LogP contribution is -2.45. The molecule has 0 aromatic heterocycles. The number of hydrogen-bond acceptors (Lipinski definition) is 4. The molecular formula is C22H28N2O4. The number of hydrogen-bond donors (Lipinski definition) is 2. The van der Waals surface area contributed by atoms with Crippen LogP contribution in [0.5, 0.6) is 11.5 Å². The molecule has 6 heteroatoms. The van der Waals surface area contributed by atoms with Crippen LogP contribution in [0.3, 0.4) is 0 Å². The average molecular weight is 384 g/mol. The minimum absolute atomic E-state index is 0.193. The molecule has 0 bridgehead atoms. The smallest absolute Gasteiger partial charge is 0.276 e. The van der Waals surface area contributed by atoms with E-state index < -0.39 is 11.8 Å². The normalized spacial score (nSPS) is 10.5. The van der Waals surface area contributed by atoms with E-state index in [-0.39, 0.29) is 19.1 Å². The van der Waals surface area contributed by atoms with Crippen LogP contribution in [0.4, 0.5) is 0 Å². The minimum atomic E-state index is -0.454. The van der Waals surface area contributed by atoms with Gasteiger partial charge in [-0.05, 0) is 67.1 Å². The first-order valence-electron chi connectivity index (χ1n) is 9.27. The van der Waals surface area contributed by atoms with Crippen molar-refractivity contribution in [1.82, 2.24) is 10.9 Å². The third kappa shape index (κ3) is 6.30. The van der Waals surface area contributed by atoms with E-state index in [2.05, 4.69) is 24.7 Å². The topological polar surface area (TPSA) is 76.7 Å². The van der Waals surface area contributed by atoms with Crippen molar-refractivity contribution in [1.29, 1.82) is 0 Å². The fourth-order valence-corrected chi connectivity index (χ4v) is 2.55. The highest BCUT2D eigenvalue weighted by Crippen LogP contribution is 2.27. The summed E-state index contributed by atoms with van der Waals surface area (Å²) in [6.07, 6.45) is 0. The Balaban J connectivity index is 1.77. The summed E-state index contributed by atoms with van der Waals surface area (Å²) in [5, 5.41) is 0. The van der Waals surface area contributed by atoms with Crippen molar-refractivity contribution in [2.24, 2.45) is 0 Å². The molecule has 0 aliphatic heterocycles. The standard InChI is InChI=1S/C22H28N2O4/c1-14(2)19-9-6-15(3)10-20(19)28-13-22(26)24-23-21(25)12-27-18-8-7-16(4)17(5)11-18/h6-11,14H,12-13H2,1-5H3,(H,23,25)(H,24,26). The zero-order valence-electron chi connectivity index (χ0n) is 17.1. The second-order valence-electron chi connectivity index (χ2n) is 7.12. The second kappa shape index (κ2) is 9.78. The van der Waals surface area contributed by atoms with E-state index in [1.165, 1.54) is 0 Å². The van der Waals surface area contributed by atoms with Crippen molar-refractivity contribution in [2.45, 2.75) is 40.5 Å². The molecule has 2 rings (SSSR count). The van der Waals surface area contributed by atoms with Gasteiger partial charge in [0.2, 0.25) is 0 Å². The number of rotatable bonds is 7. The molecule has 0 radical (unpaired) electrons. The van der Waals surface area contributed by atoms with Gasteiger partial charge in [0, 0.05) is 0 Å². The van der Waals surface area contributed by atoms with Crippen molar-refractivity contribution in [3.05, 3.63) is 58.7 Å². The highest BCUT2D eigenvalue weighted by molar-refractivity contribution is 5.83. The summed E-state index contributed by atoms with van der Waals surface area (Å²) in [5.74, 6) is 0.657. The molecule has 0 saturated heterocycles. The maximum atomic E-state index is 12.0. The van der Waals surface area contributed by atoms with Crippen LogP contribution in [0.2, 0.25) is 0 Å². The monoisotopic (exact) mass is 384 g/mol. The zero-order valence-corrected chi connectivity index (χ0v) is 17.1. The van der Waals surface area contributed by atoms with Gasteiger partial charge >= 0.3 is 0 Å². The molecule has 0 spiro atoms. The quantitative estimate of drug-likeness (QED) is 0.718. The highest BCUT2D eigenvalue weighted by atomic mass is 16.5. The van der Waals surface area contributed by atoms with Gasteiger partial charge < -0.3 is 9.47 Å². The number of ether oxygens (including phenoxy) is 2. The Kier molecular flexibility index (Phi) is 7.44. The van der Waals surface area contributed by atoms with Gasteiger partial charge in [-0.3, -0.25) is 20.4 Å². The number of benzene rings is 2. The summed E-state index contributed by atoms with van der Waals surface area (Å²) in [7, 11) is 0. The van der Waals surface area contributed by atoms with Crippen LogP contribution in [-0.2, 0) is 9.59 Å². The van der Waals surface area contributed by atoms with Crippen LogP contribution in [-0.4, -0.2) is 25.0 Å².